The summed E-state index contributed by atoms with van der Waals surface area (Å²) in [6, 6.07) is 18.4. The molecule has 32 heavy (non-hydrogen) atoms. The standard InChI is InChI=1S/C23H22N2O6S/c1-3-25(17-7-5-4-6-8-17)32(28,29)19-12-9-16(10-13-19)23(27)31-21-15-18(30-2)11-14-20(21)22(24)26/h4-15H,3H2,1-2H3,(H2,24,26). The molecule has 9 heteroatoms. The first-order valence-electron chi connectivity index (χ1n) is 9.65. The molecule has 0 fully saturated rings. The van der Waals surface area contributed by atoms with Crippen LogP contribution in [0.4, 0.5) is 5.69 Å². The van der Waals surface area contributed by atoms with Crippen molar-refractivity contribution in [2.24, 2.45) is 5.73 Å². The number of nitrogens with two attached hydrogens (primary N) is 1. The number of esters is 1. The average Bonchev–Trinajstić information content (AvgIpc) is 2.80. The Labute approximate surface area is 186 Å². The third kappa shape index (κ3) is 4.73. The Balaban J connectivity index is 1.86. The molecule has 0 aliphatic heterocycles. The van der Waals surface area contributed by atoms with Gasteiger partial charge in [0.25, 0.3) is 15.9 Å². The van der Waals surface area contributed by atoms with E-state index in [1.54, 1.807) is 37.3 Å². The van der Waals surface area contributed by atoms with E-state index in [0.29, 0.717) is 11.4 Å². The van der Waals surface area contributed by atoms with Crippen molar-refractivity contribution in [2.45, 2.75) is 11.8 Å². The second kappa shape index (κ2) is 9.52. The van der Waals surface area contributed by atoms with E-state index >= 15 is 0 Å². The predicted octanol–water partition coefficient (Wildman–Crippen LogP) is 3.23. The highest BCUT2D eigenvalue weighted by molar-refractivity contribution is 7.92. The lowest BCUT2D eigenvalue weighted by atomic mass is 10.1. The van der Waals surface area contributed by atoms with Gasteiger partial charge in [0, 0.05) is 12.6 Å². The first kappa shape index (κ1) is 22.8. The number of carbonyl (C=O) groups excluding carboxylic acids is 2. The van der Waals surface area contributed by atoms with Gasteiger partial charge in [-0.25, -0.2) is 13.2 Å². The number of sulfonamides is 1. The molecular weight excluding hydrogens is 432 g/mol. The Morgan fingerprint density at radius 1 is 0.969 bits per heavy atom. The molecule has 3 aromatic rings. The topological polar surface area (TPSA) is 116 Å². The van der Waals surface area contributed by atoms with Gasteiger partial charge in [-0.2, -0.15) is 0 Å². The van der Waals surface area contributed by atoms with E-state index in [-0.39, 0.29) is 28.3 Å². The van der Waals surface area contributed by atoms with Crippen LogP contribution in [0, 0.1) is 0 Å². The molecule has 0 aromatic heterocycles. The molecule has 0 aliphatic carbocycles. The van der Waals surface area contributed by atoms with Crippen LogP contribution in [0.15, 0.2) is 77.7 Å². The van der Waals surface area contributed by atoms with E-state index in [1.165, 1.54) is 53.9 Å². The molecule has 2 N–H and O–H groups in total. The van der Waals surface area contributed by atoms with Crippen molar-refractivity contribution < 1.29 is 27.5 Å². The molecule has 0 aliphatic rings. The maximum atomic E-state index is 13.1. The fourth-order valence-electron chi connectivity index (χ4n) is 3.05. The second-order valence-corrected chi connectivity index (χ2v) is 8.51. The molecule has 0 radical (unpaired) electrons. The summed E-state index contributed by atoms with van der Waals surface area (Å²) in [6.07, 6.45) is 0. The highest BCUT2D eigenvalue weighted by Crippen LogP contribution is 2.27. The molecule has 166 valence electrons. The van der Waals surface area contributed by atoms with Crippen LogP contribution in [0.25, 0.3) is 0 Å². The third-order valence-corrected chi connectivity index (χ3v) is 6.58. The first-order chi connectivity index (χ1) is 15.3. The number of carbonyl (C=O) groups is 2. The van der Waals surface area contributed by atoms with E-state index in [4.69, 9.17) is 15.2 Å². The van der Waals surface area contributed by atoms with E-state index < -0.39 is 21.9 Å². The van der Waals surface area contributed by atoms with Crippen molar-refractivity contribution in [1.82, 2.24) is 0 Å². The summed E-state index contributed by atoms with van der Waals surface area (Å²) < 4.78 is 37.8. The molecule has 0 heterocycles. The van der Waals surface area contributed by atoms with Crippen LogP contribution < -0.4 is 19.5 Å². The normalized spacial score (nSPS) is 10.9. The molecule has 0 saturated carbocycles. The van der Waals surface area contributed by atoms with Gasteiger partial charge in [0.15, 0.2) is 0 Å². The van der Waals surface area contributed by atoms with Gasteiger partial charge in [-0.3, -0.25) is 9.10 Å². The van der Waals surface area contributed by atoms with Gasteiger partial charge >= 0.3 is 5.97 Å². The number of ether oxygens (including phenoxy) is 2. The minimum absolute atomic E-state index is 0.0137. The smallest absolute Gasteiger partial charge is 0.343 e. The number of rotatable bonds is 8. The van der Waals surface area contributed by atoms with Gasteiger partial charge < -0.3 is 15.2 Å². The Morgan fingerprint density at radius 3 is 2.19 bits per heavy atom. The van der Waals surface area contributed by atoms with Gasteiger partial charge in [0.2, 0.25) is 0 Å². The van der Waals surface area contributed by atoms with Gasteiger partial charge in [-0.05, 0) is 55.5 Å². The third-order valence-electron chi connectivity index (χ3n) is 4.67. The first-order valence-corrected chi connectivity index (χ1v) is 11.1. The number of anilines is 1. The highest BCUT2D eigenvalue weighted by atomic mass is 32.2. The van der Waals surface area contributed by atoms with Crippen molar-refractivity contribution >= 4 is 27.6 Å². The van der Waals surface area contributed by atoms with E-state index in [2.05, 4.69) is 0 Å². The number of hydrogen-bond donors (Lipinski definition) is 1. The van der Waals surface area contributed by atoms with Crippen molar-refractivity contribution in [1.29, 1.82) is 0 Å². The number of amides is 1. The summed E-state index contributed by atoms with van der Waals surface area (Å²) in [7, 11) is -2.40. The maximum Gasteiger partial charge on any atom is 0.343 e. The zero-order valence-corrected chi connectivity index (χ0v) is 18.3. The molecule has 0 spiro atoms. The van der Waals surface area contributed by atoms with E-state index in [0.717, 1.165) is 0 Å². The van der Waals surface area contributed by atoms with Crippen LogP contribution in [-0.2, 0) is 10.0 Å². The largest absolute Gasteiger partial charge is 0.497 e. The molecule has 0 bridgehead atoms. The number of primary amides is 1. The molecule has 0 unspecified atom stereocenters. The monoisotopic (exact) mass is 454 g/mol. The van der Waals surface area contributed by atoms with Gasteiger partial charge in [-0.1, -0.05) is 18.2 Å². The lowest BCUT2D eigenvalue weighted by molar-refractivity contribution is 0.0732. The number of para-hydroxylation sites is 1. The SMILES string of the molecule is CCN(c1ccccc1)S(=O)(=O)c1ccc(C(=O)Oc2cc(OC)ccc2C(N)=O)cc1. The lowest BCUT2D eigenvalue weighted by Crippen LogP contribution is -2.30. The van der Waals surface area contributed by atoms with Crippen LogP contribution in [-0.4, -0.2) is 33.9 Å². The predicted molar refractivity (Wildman–Crippen MR) is 120 cm³/mol. The summed E-state index contributed by atoms with van der Waals surface area (Å²) in [5.74, 6) is -1.22. The molecular formula is C23H22N2O6S. The molecule has 3 rings (SSSR count). The molecule has 1 amide bonds. The number of nitrogens with zero attached hydrogens (tertiary/aromatic N) is 1. The van der Waals surface area contributed by atoms with Gasteiger partial charge in [0.05, 0.1) is 28.8 Å². The minimum atomic E-state index is -3.83. The second-order valence-electron chi connectivity index (χ2n) is 6.65. The fourth-order valence-corrected chi connectivity index (χ4v) is 4.53. The maximum absolute atomic E-state index is 13.1. The zero-order chi connectivity index (χ0) is 23.3. The quantitative estimate of drug-likeness (QED) is 0.413. The number of methoxy groups -OCH3 is 1. The van der Waals surface area contributed by atoms with Crippen molar-refractivity contribution in [3.63, 3.8) is 0 Å². The van der Waals surface area contributed by atoms with Gasteiger partial charge in [-0.15, -0.1) is 0 Å². The summed E-state index contributed by atoms with van der Waals surface area (Å²) in [5.41, 5.74) is 5.99. The Hall–Kier alpha value is -3.85. The highest BCUT2D eigenvalue weighted by Gasteiger charge is 2.24. The van der Waals surface area contributed by atoms with Crippen molar-refractivity contribution in [3.05, 3.63) is 83.9 Å². The lowest BCUT2D eigenvalue weighted by Gasteiger charge is -2.23. The zero-order valence-electron chi connectivity index (χ0n) is 17.5. The van der Waals surface area contributed by atoms with Crippen LogP contribution in [0.2, 0.25) is 0 Å². The molecule has 0 saturated heterocycles. The van der Waals surface area contributed by atoms with Crippen molar-refractivity contribution in [3.8, 4) is 11.5 Å². The van der Waals surface area contributed by atoms with Crippen molar-refractivity contribution in [2.75, 3.05) is 18.0 Å². The summed E-state index contributed by atoms with van der Waals surface area (Å²) in [5, 5.41) is 0. The minimum Gasteiger partial charge on any atom is -0.497 e. The Morgan fingerprint density at radius 2 is 1.62 bits per heavy atom. The van der Waals surface area contributed by atoms with E-state index in [9.17, 15) is 18.0 Å². The molecule has 0 atom stereocenters. The number of hydrogen-bond acceptors (Lipinski definition) is 6. The summed E-state index contributed by atoms with van der Waals surface area (Å²) in [4.78, 5) is 24.2. The Bertz CT molecular complexity index is 1230. The van der Waals surface area contributed by atoms with Gasteiger partial charge in [0.1, 0.15) is 11.5 Å². The average molecular weight is 455 g/mol. The summed E-state index contributed by atoms with van der Waals surface area (Å²) >= 11 is 0. The van der Waals surface area contributed by atoms with Crippen LogP contribution in [0.5, 0.6) is 11.5 Å². The van der Waals surface area contributed by atoms with Crippen LogP contribution >= 0.6 is 0 Å². The Kier molecular flexibility index (Phi) is 6.79. The number of benzene rings is 3. The summed E-state index contributed by atoms with van der Waals surface area (Å²) in [6.45, 7) is 1.97. The fraction of sp³-hybridized carbons (Fsp3) is 0.130. The van der Waals surface area contributed by atoms with Crippen LogP contribution in [0.1, 0.15) is 27.6 Å². The molecule has 8 nitrogen and oxygen atoms in total. The molecule has 3 aromatic carbocycles. The van der Waals surface area contributed by atoms with E-state index in [1.807, 2.05) is 0 Å². The van der Waals surface area contributed by atoms with Crippen LogP contribution in [0.3, 0.4) is 0 Å².